The van der Waals surface area contributed by atoms with E-state index in [1.54, 1.807) is 11.9 Å². The molecule has 2 heterocycles. The van der Waals surface area contributed by atoms with Crippen LogP contribution in [-0.2, 0) is 17.8 Å². The van der Waals surface area contributed by atoms with Gasteiger partial charge in [-0.05, 0) is 6.07 Å². The molecular weight excluding hydrogens is 319 g/mol. The molecule has 2 aromatic rings. The zero-order chi connectivity index (χ0) is 15.7. The SMILES string of the molecule is CCc1oc2ccccc2c1CN(C)C(=O)[C@H]1C[C@H](F)CN1.Cl. The van der Waals surface area contributed by atoms with Crippen LogP contribution in [0.4, 0.5) is 4.39 Å². The highest BCUT2D eigenvalue weighted by Crippen LogP contribution is 2.27. The minimum Gasteiger partial charge on any atom is -0.461 e. The van der Waals surface area contributed by atoms with Gasteiger partial charge in [0, 0.05) is 43.9 Å². The van der Waals surface area contributed by atoms with Crippen molar-refractivity contribution in [2.24, 2.45) is 0 Å². The number of carbonyl (C=O) groups is 1. The first-order chi connectivity index (χ1) is 10.6. The number of halogens is 2. The van der Waals surface area contributed by atoms with Crippen molar-refractivity contribution >= 4 is 29.3 Å². The Morgan fingerprint density at radius 2 is 2.17 bits per heavy atom. The third-order valence-electron chi connectivity index (χ3n) is 4.25. The molecule has 1 N–H and O–H groups in total. The lowest BCUT2D eigenvalue weighted by atomic mass is 10.1. The van der Waals surface area contributed by atoms with Gasteiger partial charge >= 0.3 is 0 Å². The second-order valence-corrected chi connectivity index (χ2v) is 5.84. The number of nitrogens with zero attached hydrogens (tertiary/aromatic N) is 1. The number of amides is 1. The standard InChI is InChI=1S/C17H21FN2O2.ClH/c1-3-15-13(12-6-4-5-7-16(12)22-15)10-20(2)17(21)14-8-11(18)9-19-14;/h4-7,11,14,19H,3,8-10H2,1-2H3;1H/t11-,14+;/m0./s1. The third kappa shape index (κ3) is 3.51. The summed E-state index contributed by atoms with van der Waals surface area (Å²) in [4.78, 5) is 14.1. The van der Waals surface area contributed by atoms with Crippen LogP contribution in [0, 0.1) is 0 Å². The summed E-state index contributed by atoms with van der Waals surface area (Å²) < 4.78 is 19.1. The molecule has 2 atom stereocenters. The third-order valence-corrected chi connectivity index (χ3v) is 4.25. The van der Waals surface area contributed by atoms with Crippen molar-refractivity contribution in [1.82, 2.24) is 10.2 Å². The maximum Gasteiger partial charge on any atom is 0.239 e. The molecule has 0 saturated carbocycles. The Bertz CT molecular complexity index is 688. The van der Waals surface area contributed by atoms with Crippen LogP contribution in [0.3, 0.4) is 0 Å². The lowest BCUT2D eigenvalue weighted by Gasteiger charge is -2.21. The Morgan fingerprint density at radius 1 is 1.43 bits per heavy atom. The molecule has 3 rings (SSSR count). The largest absolute Gasteiger partial charge is 0.461 e. The number of aryl methyl sites for hydroxylation is 1. The van der Waals surface area contributed by atoms with E-state index < -0.39 is 12.2 Å². The number of hydrogen-bond donors (Lipinski definition) is 1. The fourth-order valence-corrected chi connectivity index (χ4v) is 3.07. The summed E-state index contributed by atoms with van der Waals surface area (Å²) >= 11 is 0. The smallest absolute Gasteiger partial charge is 0.239 e. The highest BCUT2D eigenvalue weighted by molar-refractivity contribution is 5.85. The van der Waals surface area contributed by atoms with E-state index in [1.807, 2.05) is 31.2 Å². The quantitative estimate of drug-likeness (QED) is 0.930. The van der Waals surface area contributed by atoms with E-state index in [2.05, 4.69) is 5.32 Å². The molecule has 0 unspecified atom stereocenters. The molecule has 1 aliphatic heterocycles. The normalized spacial score (nSPS) is 20.5. The highest BCUT2D eigenvalue weighted by Gasteiger charge is 2.31. The zero-order valence-electron chi connectivity index (χ0n) is 13.3. The summed E-state index contributed by atoms with van der Waals surface area (Å²) in [6, 6.07) is 7.44. The average Bonchev–Trinajstić information content (AvgIpc) is 3.10. The van der Waals surface area contributed by atoms with Crippen LogP contribution in [-0.4, -0.2) is 36.6 Å². The summed E-state index contributed by atoms with van der Waals surface area (Å²) in [5.41, 5.74) is 1.89. The number of para-hydroxylation sites is 1. The topological polar surface area (TPSA) is 45.5 Å². The fourth-order valence-electron chi connectivity index (χ4n) is 3.07. The van der Waals surface area contributed by atoms with E-state index in [0.29, 0.717) is 6.54 Å². The van der Waals surface area contributed by atoms with Crippen LogP contribution in [0.25, 0.3) is 11.0 Å². The molecule has 1 amide bonds. The summed E-state index contributed by atoms with van der Waals surface area (Å²) in [5.74, 6) is 0.844. The van der Waals surface area contributed by atoms with E-state index in [4.69, 9.17) is 4.42 Å². The highest BCUT2D eigenvalue weighted by atomic mass is 35.5. The number of alkyl halides is 1. The van der Waals surface area contributed by atoms with Crippen LogP contribution in [0.2, 0.25) is 0 Å². The van der Waals surface area contributed by atoms with Gasteiger partial charge in [0.05, 0.1) is 6.04 Å². The van der Waals surface area contributed by atoms with E-state index in [9.17, 15) is 9.18 Å². The Hall–Kier alpha value is -1.59. The van der Waals surface area contributed by atoms with Crippen molar-refractivity contribution in [2.45, 2.75) is 38.5 Å². The number of fused-ring (bicyclic) bond motifs is 1. The molecule has 23 heavy (non-hydrogen) atoms. The second-order valence-electron chi connectivity index (χ2n) is 5.84. The molecule has 4 nitrogen and oxygen atoms in total. The molecule has 1 saturated heterocycles. The lowest BCUT2D eigenvalue weighted by Crippen LogP contribution is -2.41. The molecule has 1 aromatic heterocycles. The fraction of sp³-hybridized carbons (Fsp3) is 0.471. The monoisotopic (exact) mass is 340 g/mol. The van der Waals surface area contributed by atoms with Crippen molar-refractivity contribution in [3.8, 4) is 0 Å². The minimum atomic E-state index is -0.927. The molecule has 0 spiro atoms. The van der Waals surface area contributed by atoms with E-state index in [0.717, 1.165) is 28.7 Å². The molecular formula is C17H22ClFN2O2. The predicted octanol–water partition coefficient (Wildman–Crippen LogP) is 3.08. The van der Waals surface area contributed by atoms with Crippen LogP contribution < -0.4 is 5.32 Å². The van der Waals surface area contributed by atoms with Gasteiger partial charge in [-0.1, -0.05) is 25.1 Å². The van der Waals surface area contributed by atoms with E-state index in [-0.39, 0.29) is 31.3 Å². The van der Waals surface area contributed by atoms with Crippen LogP contribution in [0.5, 0.6) is 0 Å². The molecule has 126 valence electrons. The van der Waals surface area contributed by atoms with Gasteiger partial charge in [0.15, 0.2) is 0 Å². The number of rotatable bonds is 4. The molecule has 0 aliphatic carbocycles. The second kappa shape index (κ2) is 7.32. The van der Waals surface area contributed by atoms with Crippen molar-refractivity contribution in [1.29, 1.82) is 0 Å². The number of likely N-dealkylation sites (N-methyl/N-ethyl adjacent to an activating group) is 1. The van der Waals surface area contributed by atoms with Crippen molar-refractivity contribution in [2.75, 3.05) is 13.6 Å². The molecule has 1 aliphatic rings. The Labute approximate surface area is 141 Å². The van der Waals surface area contributed by atoms with Gasteiger partial charge in [-0.25, -0.2) is 4.39 Å². The van der Waals surface area contributed by atoms with Gasteiger partial charge in [0.25, 0.3) is 0 Å². The van der Waals surface area contributed by atoms with Gasteiger partial charge in [0.2, 0.25) is 5.91 Å². The van der Waals surface area contributed by atoms with Crippen LogP contribution >= 0.6 is 12.4 Å². The van der Waals surface area contributed by atoms with Gasteiger partial charge in [-0.3, -0.25) is 4.79 Å². The minimum absolute atomic E-state index is 0. The van der Waals surface area contributed by atoms with Crippen LogP contribution in [0.1, 0.15) is 24.7 Å². The van der Waals surface area contributed by atoms with Gasteiger partial charge in [-0.15, -0.1) is 12.4 Å². The predicted molar refractivity (Wildman–Crippen MR) is 90.6 cm³/mol. The molecule has 1 aromatic carbocycles. The first-order valence-corrected chi connectivity index (χ1v) is 7.71. The summed E-state index contributed by atoms with van der Waals surface area (Å²) in [5, 5.41) is 3.99. The molecule has 0 bridgehead atoms. The van der Waals surface area contributed by atoms with Gasteiger partial charge in [0.1, 0.15) is 17.5 Å². The number of furan rings is 1. The summed E-state index contributed by atoms with van der Waals surface area (Å²) in [6.07, 6.45) is 0.110. The van der Waals surface area contributed by atoms with Crippen molar-refractivity contribution in [3.05, 3.63) is 35.6 Å². The Balaban J connectivity index is 0.00000192. The zero-order valence-corrected chi connectivity index (χ0v) is 14.2. The molecule has 0 radical (unpaired) electrons. The number of hydrogen-bond acceptors (Lipinski definition) is 3. The van der Waals surface area contributed by atoms with Crippen LogP contribution in [0.15, 0.2) is 28.7 Å². The first kappa shape index (κ1) is 17.8. The number of nitrogens with one attached hydrogen (secondary N) is 1. The average molecular weight is 341 g/mol. The molecule has 1 fully saturated rings. The van der Waals surface area contributed by atoms with Crippen molar-refractivity contribution in [3.63, 3.8) is 0 Å². The molecule has 6 heteroatoms. The van der Waals surface area contributed by atoms with E-state index >= 15 is 0 Å². The summed E-state index contributed by atoms with van der Waals surface area (Å²) in [6.45, 7) is 2.78. The number of carbonyl (C=O) groups excluding carboxylic acids is 1. The maximum absolute atomic E-state index is 13.3. The Kier molecular flexibility index (Phi) is 5.65. The summed E-state index contributed by atoms with van der Waals surface area (Å²) in [7, 11) is 1.76. The van der Waals surface area contributed by atoms with Gasteiger partial charge < -0.3 is 14.6 Å². The first-order valence-electron chi connectivity index (χ1n) is 7.71. The van der Waals surface area contributed by atoms with Gasteiger partial charge in [-0.2, -0.15) is 0 Å². The maximum atomic E-state index is 13.3. The van der Waals surface area contributed by atoms with E-state index in [1.165, 1.54) is 0 Å². The number of benzene rings is 1. The van der Waals surface area contributed by atoms with Crippen molar-refractivity contribution < 1.29 is 13.6 Å². The Morgan fingerprint density at radius 3 is 2.83 bits per heavy atom. The lowest BCUT2D eigenvalue weighted by molar-refractivity contribution is -0.132.